The maximum atomic E-state index is 13.6. The van der Waals surface area contributed by atoms with Gasteiger partial charge in [0.15, 0.2) is 11.6 Å². The van der Waals surface area contributed by atoms with Gasteiger partial charge in [-0.3, -0.25) is 4.79 Å². The van der Waals surface area contributed by atoms with E-state index in [-0.39, 0.29) is 11.9 Å². The van der Waals surface area contributed by atoms with Crippen LogP contribution in [0.5, 0.6) is 5.88 Å². The third-order valence-corrected chi connectivity index (χ3v) is 6.31. The second kappa shape index (κ2) is 6.79. The second-order valence-corrected chi connectivity index (χ2v) is 7.82. The van der Waals surface area contributed by atoms with E-state index < -0.39 is 11.6 Å². The summed E-state index contributed by atoms with van der Waals surface area (Å²) in [5, 5.41) is 2.99. The van der Waals surface area contributed by atoms with Crippen molar-refractivity contribution >= 4 is 16.9 Å². The summed E-state index contributed by atoms with van der Waals surface area (Å²) in [6, 6.07) is 5.95. The molecule has 150 valence electrons. The number of aromatic nitrogens is 3. The highest BCUT2D eigenvalue weighted by Crippen LogP contribution is 2.60. The average Bonchev–Trinajstić information content (AvgIpc) is 3.06. The fraction of sp³-hybridized carbons (Fsp3) is 0.381. The van der Waals surface area contributed by atoms with Crippen LogP contribution in [0.3, 0.4) is 0 Å². The SMILES string of the molecule is COc1ccc(C(=O)NCC2[C@H]3CC(n4cnc5cc(F)c(F)cc54)C[C@@H]23)cn1. The summed E-state index contributed by atoms with van der Waals surface area (Å²) in [5.74, 6) is 0.147. The minimum atomic E-state index is -0.875. The summed E-state index contributed by atoms with van der Waals surface area (Å²) in [6.45, 7) is 0.636. The zero-order valence-corrected chi connectivity index (χ0v) is 15.8. The molecule has 2 saturated carbocycles. The molecule has 0 saturated heterocycles. The van der Waals surface area contributed by atoms with Gasteiger partial charge in [0, 0.05) is 37.0 Å². The van der Waals surface area contributed by atoms with Gasteiger partial charge in [0.2, 0.25) is 5.88 Å². The van der Waals surface area contributed by atoms with Crippen molar-refractivity contribution in [1.82, 2.24) is 19.9 Å². The van der Waals surface area contributed by atoms with Crippen LogP contribution in [0.1, 0.15) is 29.2 Å². The van der Waals surface area contributed by atoms with Crippen LogP contribution < -0.4 is 10.1 Å². The standard InChI is InChI=1S/C21H20F2N4O2/c1-29-20-3-2-11(8-24-20)21(28)25-9-15-13-4-12(5-14(13)15)27-10-26-18-6-16(22)17(23)7-19(18)27/h2-3,6-8,10,12-15H,4-5,9H2,1H3,(H,25,28)/t12?,13-,14+,15?. The van der Waals surface area contributed by atoms with Gasteiger partial charge in [0.25, 0.3) is 5.91 Å². The predicted octanol–water partition coefficient (Wildman–Crippen LogP) is 3.35. The number of halogens is 2. The summed E-state index contributed by atoms with van der Waals surface area (Å²) in [5.41, 5.74) is 1.61. The molecule has 1 aromatic carbocycles. The number of imidazole rings is 1. The number of rotatable bonds is 5. The number of carbonyl (C=O) groups excluding carboxylic acids is 1. The second-order valence-electron chi connectivity index (χ2n) is 7.82. The first-order valence-electron chi connectivity index (χ1n) is 9.65. The van der Waals surface area contributed by atoms with Crippen LogP contribution in [0.25, 0.3) is 11.0 Å². The van der Waals surface area contributed by atoms with Crippen LogP contribution >= 0.6 is 0 Å². The molecule has 8 heteroatoms. The number of amides is 1. The molecule has 29 heavy (non-hydrogen) atoms. The van der Waals surface area contributed by atoms with Gasteiger partial charge >= 0.3 is 0 Å². The molecule has 1 N–H and O–H groups in total. The lowest BCUT2D eigenvalue weighted by atomic mass is 10.1. The van der Waals surface area contributed by atoms with E-state index in [1.165, 1.54) is 19.4 Å². The van der Waals surface area contributed by atoms with Crippen molar-refractivity contribution in [3.05, 3.63) is 54.0 Å². The van der Waals surface area contributed by atoms with Gasteiger partial charge in [-0.25, -0.2) is 18.7 Å². The zero-order chi connectivity index (χ0) is 20.1. The number of pyridine rings is 1. The number of nitrogens with zero attached hydrogens (tertiary/aromatic N) is 3. The van der Waals surface area contributed by atoms with Gasteiger partial charge in [-0.1, -0.05) is 0 Å². The highest BCUT2D eigenvalue weighted by atomic mass is 19.2. The Morgan fingerprint density at radius 2 is 1.97 bits per heavy atom. The monoisotopic (exact) mass is 398 g/mol. The van der Waals surface area contributed by atoms with E-state index in [0.29, 0.717) is 46.8 Å². The molecular formula is C21H20F2N4O2. The average molecular weight is 398 g/mol. The molecule has 2 fully saturated rings. The molecule has 3 aromatic rings. The van der Waals surface area contributed by atoms with E-state index in [0.717, 1.165) is 18.9 Å². The van der Waals surface area contributed by atoms with Crippen LogP contribution in [0, 0.1) is 29.4 Å². The van der Waals surface area contributed by atoms with Crippen LogP contribution in [0.4, 0.5) is 8.78 Å². The van der Waals surface area contributed by atoms with Crippen molar-refractivity contribution in [2.24, 2.45) is 17.8 Å². The molecule has 4 atom stereocenters. The lowest BCUT2D eigenvalue weighted by Gasteiger charge is -2.17. The van der Waals surface area contributed by atoms with Crippen LogP contribution in [0.15, 0.2) is 36.8 Å². The number of hydrogen-bond acceptors (Lipinski definition) is 4. The Hall–Kier alpha value is -3.03. The van der Waals surface area contributed by atoms with Crippen molar-refractivity contribution in [2.45, 2.75) is 18.9 Å². The number of hydrogen-bond donors (Lipinski definition) is 1. The summed E-state index contributed by atoms with van der Waals surface area (Å²) in [6.07, 6.45) is 5.09. The largest absolute Gasteiger partial charge is 0.481 e. The third-order valence-electron chi connectivity index (χ3n) is 6.31. The molecule has 2 aromatic heterocycles. The maximum Gasteiger partial charge on any atom is 0.252 e. The van der Waals surface area contributed by atoms with E-state index in [2.05, 4.69) is 15.3 Å². The lowest BCUT2D eigenvalue weighted by molar-refractivity contribution is 0.0949. The normalized spacial score (nSPS) is 25.1. The fourth-order valence-corrected chi connectivity index (χ4v) is 4.74. The Balaban J connectivity index is 1.18. The molecule has 0 bridgehead atoms. The van der Waals surface area contributed by atoms with E-state index in [9.17, 15) is 13.6 Å². The number of fused-ring (bicyclic) bond motifs is 2. The van der Waals surface area contributed by atoms with Crippen LogP contribution in [0.2, 0.25) is 0 Å². The van der Waals surface area contributed by atoms with Crippen LogP contribution in [-0.2, 0) is 0 Å². The number of nitrogens with one attached hydrogen (secondary N) is 1. The van der Waals surface area contributed by atoms with Crippen molar-refractivity contribution in [3.8, 4) is 5.88 Å². The van der Waals surface area contributed by atoms with Crippen molar-refractivity contribution in [3.63, 3.8) is 0 Å². The smallest absolute Gasteiger partial charge is 0.252 e. The molecule has 2 aliphatic carbocycles. The van der Waals surface area contributed by atoms with Gasteiger partial charge < -0.3 is 14.6 Å². The highest BCUT2D eigenvalue weighted by Gasteiger charge is 2.56. The Morgan fingerprint density at radius 3 is 2.66 bits per heavy atom. The number of carbonyl (C=O) groups is 1. The quantitative estimate of drug-likeness (QED) is 0.716. The minimum absolute atomic E-state index is 0.139. The van der Waals surface area contributed by atoms with Crippen LogP contribution in [-0.4, -0.2) is 34.1 Å². The summed E-state index contributed by atoms with van der Waals surface area (Å²) in [7, 11) is 1.53. The van der Waals surface area contributed by atoms with E-state index in [4.69, 9.17) is 4.74 Å². The first kappa shape index (κ1) is 18.0. The zero-order valence-electron chi connectivity index (χ0n) is 15.8. The van der Waals surface area contributed by atoms with Gasteiger partial charge in [-0.15, -0.1) is 0 Å². The maximum absolute atomic E-state index is 13.6. The molecular weight excluding hydrogens is 378 g/mol. The summed E-state index contributed by atoms with van der Waals surface area (Å²) >= 11 is 0. The Kier molecular flexibility index (Phi) is 4.22. The first-order valence-corrected chi connectivity index (χ1v) is 9.65. The molecule has 0 aliphatic heterocycles. The van der Waals surface area contributed by atoms with Crippen molar-refractivity contribution in [1.29, 1.82) is 0 Å². The predicted molar refractivity (Wildman–Crippen MR) is 102 cm³/mol. The number of benzene rings is 1. The minimum Gasteiger partial charge on any atom is -0.481 e. The Labute approximate surface area is 165 Å². The molecule has 2 unspecified atom stereocenters. The van der Waals surface area contributed by atoms with Crippen molar-refractivity contribution in [2.75, 3.05) is 13.7 Å². The summed E-state index contributed by atoms with van der Waals surface area (Å²) in [4.78, 5) is 20.5. The Bertz CT molecular complexity index is 1070. The van der Waals surface area contributed by atoms with Gasteiger partial charge in [-0.05, 0) is 36.7 Å². The topological polar surface area (TPSA) is 69.0 Å². The molecule has 6 nitrogen and oxygen atoms in total. The van der Waals surface area contributed by atoms with Gasteiger partial charge in [0.1, 0.15) is 0 Å². The third kappa shape index (κ3) is 3.12. The first-order chi connectivity index (χ1) is 14.0. The molecule has 0 radical (unpaired) electrons. The van der Waals surface area contributed by atoms with Gasteiger partial charge in [0.05, 0.1) is 30.0 Å². The van der Waals surface area contributed by atoms with E-state index in [1.807, 2.05) is 4.57 Å². The summed E-state index contributed by atoms with van der Waals surface area (Å²) < 4.78 is 34.0. The molecule has 1 amide bonds. The molecule has 2 heterocycles. The number of methoxy groups -OCH3 is 1. The lowest BCUT2D eigenvalue weighted by Crippen LogP contribution is -2.27. The van der Waals surface area contributed by atoms with E-state index in [1.54, 1.807) is 18.5 Å². The van der Waals surface area contributed by atoms with Gasteiger partial charge in [-0.2, -0.15) is 0 Å². The fourth-order valence-electron chi connectivity index (χ4n) is 4.74. The highest BCUT2D eigenvalue weighted by molar-refractivity contribution is 5.93. The molecule has 0 spiro atoms. The number of ether oxygens (including phenoxy) is 1. The van der Waals surface area contributed by atoms with E-state index >= 15 is 0 Å². The Morgan fingerprint density at radius 1 is 1.21 bits per heavy atom. The molecule has 2 aliphatic rings. The van der Waals surface area contributed by atoms with Crippen molar-refractivity contribution < 1.29 is 18.3 Å². The molecule has 5 rings (SSSR count).